The largest absolute Gasteiger partial charge is 0.478 e. The zero-order chi connectivity index (χ0) is 13.5. The highest BCUT2D eigenvalue weighted by molar-refractivity contribution is 5.88. The molecule has 0 aliphatic carbocycles. The molecule has 0 aliphatic rings. The van der Waals surface area contributed by atoms with Crippen LogP contribution < -0.4 is 4.74 Å². The van der Waals surface area contributed by atoms with Gasteiger partial charge < -0.3 is 9.84 Å². The summed E-state index contributed by atoms with van der Waals surface area (Å²) in [6.07, 6.45) is 3.28. The molecule has 0 saturated carbocycles. The van der Waals surface area contributed by atoms with E-state index < -0.39 is 5.97 Å². The van der Waals surface area contributed by atoms with Crippen LogP contribution in [0.3, 0.4) is 0 Å². The number of aromatic carboxylic acids is 1. The smallest absolute Gasteiger partial charge is 0.335 e. The molecule has 0 saturated heterocycles. The summed E-state index contributed by atoms with van der Waals surface area (Å²) in [6.45, 7) is 3.79. The Morgan fingerprint density at radius 1 is 1.28 bits per heavy atom. The lowest BCUT2D eigenvalue weighted by Crippen LogP contribution is -2.09. The lowest BCUT2D eigenvalue weighted by molar-refractivity contribution is -0.134. The molecular weight excluding hydrogens is 232 g/mol. The van der Waals surface area contributed by atoms with Gasteiger partial charge in [-0.15, -0.1) is 0 Å². The molecule has 0 amide bonds. The van der Waals surface area contributed by atoms with Gasteiger partial charge in [-0.2, -0.15) is 0 Å². The summed E-state index contributed by atoms with van der Waals surface area (Å²) in [4.78, 5) is 22.3. The Balaban J connectivity index is 2.62. The highest BCUT2D eigenvalue weighted by Crippen LogP contribution is 2.20. The van der Waals surface area contributed by atoms with Crippen LogP contribution >= 0.6 is 0 Å². The van der Waals surface area contributed by atoms with Crippen LogP contribution in [0.4, 0.5) is 0 Å². The number of rotatable bonds is 6. The van der Waals surface area contributed by atoms with Gasteiger partial charge in [-0.25, -0.2) is 4.79 Å². The van der Waals surface area contributed by atoms with Gasteiger partial charge in [-0.05, 0) is 37.1 Å². The topological polar surface area (TPSA) is 63.6 Å². The standard InChI is InChI=1S/C14H18O4/c1-3-4-5-6-13(15)18-12-8-7-11(14(16)17)9-10(12)2/h7-9H,3-6H2,1-2H3,(H,16,17). The van der Waals surface area contributed by atoms with Gasteiger partial charge in [0.25, 0.3) is 0 Å². The zero-order valence-corrected chi connectivity index (χ0v) is 10.7. The number of hydrogen-bond donors (Lipinski definition) is 1. The number of benzene rings is 1. The highest BCUT2D eigenvalue weighted by Gasteiger charge is 2.09. The quantitative estimate of drug-likeness (QED) is 0.478. The van der Waals surface area contributed by atoms with Crippen molar-refractivity contribution < 1.29 is 19.4 Å². The van der Waals surface area contributed by atoms with Gasteiger partial charge >= 0.3 is 11.9 Å². The molecule has 98 valence electrons. The van der Waals surface area contributed by atoms with E-state index in [1.54, 1.807) is 6.92 Å². The maximum absolute atomic E-state index is 11.5. The number of ether oxygens (including phenoxy) is 1. The molecule has 0 unspecified atom stereocenters. The number of carbonyl (C=O) groups excluding carboxylic acids is 1. The number of aryl methyl sites for hydroxylation is 1. The average Bonchev–Trinajstić information content (AvgIpc) is 2.32. The summed E-state index contributed by atoms with van der Waals surface area (Å²) in [5.74, 6) is -0.824. The predicted octanol–water partition coefficient (Wildman–Crippen LogP) is 3.18. The number of carbonyl (C=O) groups is 2. The maximum atomic E-state index is 11.5. The van der Waals surface area contributed by atoms with Crippen LogP contribution in [0.25, 0.3) is 0 Å². The van der Waals surface area contributed by atoms with Crippen LogP contribution in [0.2, 0.25) is 0 Å². The van der Waals surface area contributed by atoms with E-state index in [-0.39, 0.29) is 11.5 Å². The van der Waals surface area contributed by atoms with E-state index in [0.29, 0.717) is 17.7 Å². The molecule has 0 radical (unpaired) electrons. The number of hydrogen-bond acceptors (Lipinski definition) is 3. The molecule has 0 aliphatic heterocycles. The van der Waals surface area contributed by atoms with Crippen molar-refractivity contribution in [2.45, 2.75) is 39.5 Å². The Morgan fingerprint density at radius 3 is 2.56 bits per heavy atom. The van der Waals surface area contributed by atoms with Crippen LogP contribution in [0.5, 0.6) is 5.75 Å². The van der Waals surface area contributed by atoms with Gasteiger partial charge in [-0.3, -0.25) is 4.79 Å². The number of carboxylic acids is 1. The Hall–Kier alpha value is -1.84. The molecule has 4 heteroatoms. The molecule has 0 bridgehead atoms. The van der Waals surface area contributed by atoms with Crippen LogP contribution in [-0.4, -0.2) is 17.0 Å². The summed E-state index contributed by atoms with van der Waals surface area (Å²) in [6, 6.07) is 4.46. The van der Waals surface area contributed by atoms with Gasteiger partial charge in [0.2, 0.25) is 0 Å². The summed E-state index contributed by atoms with van der Waals surface area (Å²) in [7, 11) is 0. The fraction of sp³-hybridized carbons (Fsp3) is 0.429. The van der Waals surface area contributed by atoms with E-state index in [1.165, 1.54) is 18.2 Å². The van der Waals surface area contributed by atoms with E-state index >= 15 is 0 Å². The van der Waals surface area contributed by atoms with Crippen LogP contribution in [0.1, 0.15) is 48.5 Å². The number of esters is 1. The summed E-state index contributed by atoms with van der Waals surface area (Å²) in [5, 5.41) is 8.82. The van der Waals surface area contributed by atoms with Crippen molar-refractivity contribution in [2.75, 3.05) is 0 Å². The molecule has 0 spiro atoms. The Bertz CT molecular complexity index is 437. The van der Waals surface area contributed by atoms with E-state index in [0.717, 1.165) is 19.3 Å². The molecule has 0 heterocycles. The third-order valence-electron chi connectivity index (χ3n) is 2.63. The molecule has 1 N–H and O–H groups in total. The van der Waals surface area contributed by atoms with Crippen LogP contribution in [-0.2, 0) is 4.79 Å². The third-order valence-corrected chi connectivity index (χ3v) is 2.63. The van der Waals surface area contributed by atoms with Gasteiger partial charge in [0.15, 0.2) is 0 Å². The first-order chi connectivity index (χ1) is 8.54. The number of unbranched alkanes of at least 4 members (excludes halogenated alkanes) is 2. The molecule has 0 fully saturated rings. The second kappa shape index (κ2) is 6.79. The lowest BCUT2D eigenvalue weighted by Gasteiger charge is -2.07. The molecule has 1 aromatic rings. The lowest BCUT2D eigenvalue weighted by atomic mass is 10.1. The Morgan fingerprint density at radius 2 is 2.00 bits per heavy atom. The Labute approximate surface area is 107 Å². The molecule has 0 atom stereocenters. The van der Waals surface area contributed by atoms with Crippen molar-refractivity contribution in [3.63, 3.8) is 0 Å². The fourth-order valence-electron chi connectivity index (χ4n) is 1.59. The maximum Gasteiger partial charge on any atom is 0.335 e. The third kappa shape index (κ3) is 4.20. The average molecular weight is 250 g/mol. The first-order valence-electron chi connectivity index (χ1n) is 6.09. The van der Waals surface area contributed by atoms with Gasteiger partial charge in [0, 0.05) is 6.42 Å². The van der Waals surface area contributed by atoms with E-state index in [1.807, 2.05) is 0 Å². The van der Waals surface area contributed by atoms with Gasteiger partial charge in [0.1, 0.15) is 5.75 Å². The van der Waals surface area contributed by atoms with Crippen molar-refractivity contribution >= 4 is 11.9 Å². The fourth-order valence-corrected chi connectivity index (χ4v) is 1.59. The minimum Gasteiger partial charge on any atom is -0.478 e. The molecule has 18 heavy (non-hydrogen) atoms. The van der Waals surface area contributed by atoms with E-state index in [2.05, 4.69) is 6.92 Å². The SMILES string of the molecule is CCCCCC(=O)Oc1ccc(C(=O)O)cc1C. The monoisotopic (exact) mass is 250 g/mol. The van der Waals surface area contributed by atoms with Crippen LogP contribution in [0, 0.1) is 6.92 Å². The van der Waals surface area contributed by atoms with Gasteiger partial charge in [-0.1, -0.05) is 19.8 Å². The predicted molar refractivity (Wildman–Crippen MR) is 67.9 cm³/mol. The molecule has 4 nitrogen and oxygen atoms in total. The van der Waals surface area contributed by atoms with E-state index in [9.17, 15) is 9.59 Å². The molecular formula is C14H18O4. The first kappa shape index (κ1) is 14.2. The molecule has 1 aromatic carbocycles. The minimum atomic E-state index is -0.987. The number of carboxylic acid groups (broad SMARTS) is 1. The van der Waals surface area contributed by atoms with Crippen molar-refractivity contribution in [3.05, 3.63) is 29.3 Å². The van der Waals surface area contributed by atoms with Crippen molar-refractivity contribution in [1.82, 2.24) is 0 Å². The summed E-state index contributed by atoms with van der Waals surface area (Å²) >= 11 is 0. The van der Waals surface area contributed by atoms with Crippen molar-refractivity contribution in [1.29, 1.82) is 0 Å². The molecule has 1 rings (SSSR count). The van der Waals surface area contributed by atoms with Crippen molar-refractivity contribution in [2.24, 2.45) is 0 Å². The summed E-state index contributed by atoms with van der Waals surface area (Å²) in [5.41, 5.74) is 0.844. The molecule has 0 aromatic heterocycles. The van der Waals surface area contributed by atoms with E-state index in [4.69, 9.17) is 9.84 Å². The first-order valence-corrected chi connectivity index (χ1v) is 6.09. The van der Waals surface area contributed by atoms with Crippen molar-refractivity contribution in [3.8, 4) is 5.75 Å². The normalized spacial score (nSPS) is 10.1. The Kier molecular flexibility index (Phi) is 5.36. The minimum absolute atomic E-state index is 0.193. The highest BCUT2D eigenvalue weighted by atomic mass is 16.5. The van der Waals surface area contributed by atoms with Crippen LogP contribution in [0.15, 0.2) is 18.2 Å². The second-order valence-corrected chi connectivity index (χ2v) is 4.22. The summed E-state index contributed by atoms with van der Waals surface area (Å²) < 4.78 is 5.19. The zero-order valence-electron chi connectivity index (χ0n) is 10.7. The second-order valence-electron chi connectivity index (χ2n) is 4.22. The van der Waals surface area contributed by atoms with Gasteiger partial charge in [0.05, 0.1) is 5.56 Å².